The number of nitrogens with two attached hydrogens (primary N) is 1. The van der Waals surface area contributed by atoms with Crippen molar-refractivity contribution in [1.29, 1.82) is 0 Å². The van der Waals surface area contributed by atoms with Crippen LogP contribution >= 0.6 is 15.9 Å². The van der Waals surface area contributed by atoms with Crippen LogP contribution in [-0.4, -0.2) is 37.0 Å². The zero-order valence-corrected chi connectivity index (χ0v) is 20.6. The lowest BCUT2D eigenvalue weighted by atomic mass is 9.62. The molecular weight excluding hydrogens is 476 g/mol. The first-order valence-electron chi connectivity index (χ1n) is 11.5. The fourth-order valence-electron chi connectivity index (χ4n) is 5.44. The molecule has 4 rings (SSSR count). The minimum absolute atomic E-state index is 0.0771. The molecule has 1 aliphatic heterocycles. The van der Waals surface area contributed by atoms with Crippen molar-refractivity contribution in [2.75, 3.05) is 20.2 Å². The van der Waals surface area contributed by atoms with Gasteiger partial charge in [-0.25, -0.2) is 0 Å². The van der Waals surface area contributed by atoms with Crippen LogP contribution in [0.1, 0.15) is 30.4 Å². The molecule has 1 aliphatic rings. The highest BCUT2D eigenvalue weighted by Gasteiger charge is 2.52. The zero-order chi connectivity index (χ0) is 23.3. The maximum absolute atomic E-state index is 13.4. The van der Waals surface area contributed by atoms with Crippen molar-refractivity contribution in [3.05, 3.63) is 101 Å². The van der Waals surface area contributed by atoms with Gasteiger partial charge in [0.05, 0.1) is 11.1 Å². The first-order chi connectivity index (χ1) is 16.0. The molecule has 0 bridgehead atoms. The predicted octanol–water partition coefficient (Wildman–Crippen LogP) is 5.40. The third kappa shape index (κ3) is 4.71. The van der Waals surface area contributed by atoms with E-state index in [1.165, 1.54) is 0 Å². The van der Waals surface area contributed by atoms with E-state index < -0.39 is 5.41 Å². The normalized spacial score (nSPS) is 18.8. The summed E-state index contributed by atoms with van der Waals surface area (Å²) in [6.45, 7) is 1.56. The minimum Gasteiger partial charge on any atom is -0.492 e. The molecule has 0 spiro atoms. The maximum Gasteiger partial charge on any atom is 0.232 e. The smallest absolute Gasteiger partial charge is 0.232 e. The number of carbonyl (C=O) groups is 1. The first kappa shape index (κ1) is 23.5. The van der Waals surface area contributed by atoms with Crippen molar-refractivity contribution in [2.45, 2.75) is 30.7 Å². The summed E-state index contributed by atoms with van der Waals surface area (Å²) in [5.74, 6) is 0.650. The number of nitrogens with zero attached hydrogens (tertiary/aromatic N) is 1. The van der Waals surface area contributed by atoms with Crippen LogP contribution in [0.15, 0.2) is 89.4 Å². The Bertz CT molecular complexity index is 1020. The van der Waals surface area contributed by atoms with Gasteiger partial charge in [0.1, 0.15) is 11.2 Å². The van der Waals surface area contributed by atoms with Crippen molar-refractivity contribution in [3.63, 3.8) is 0 Å². The van der Waals surface area contributed by atoms with Gasteiger partial charge in [-0.05, 0) is 78.0 Å². The van der Waals surface area contributed by atoms with Gasteiger partial charge < -0.3 is 15.4 Å². The van der Waals surface area contributed by atoms with Crippen LogP contribution in [0.25, 0.3) is 0 Å². The number of carbonyl (C=O) groups excluding carboxylic acids is 1. The number of para-hydroxylation sites is 1. The first-order valence-corrected chi connectivity index (χ1v) is 12.3. The molecule has 3 aromatic rings. The van der Waals surface area contributed by atoms with Crippen LogP contribution in [0.5, 0.6) is 5.75 Å². The summed E-state index contributed by atoms with van der Waals surface area (Å²) in [6.07, 6.45) is 2.74. The van der Waals surface area contributed by atoms with Crippen LogP contribution in [0.4, 0.5) is 0 Å². The molecule has 0 aliphatic carbocycles. The number of hydrogen-bond donors (Lipinski definition) is 1. The average Bonchev–Trinajstić information content (AvgIpc) is 3.20. The third-order valence-corrected chi connectivity index (χ3v) is 7.62. The van der Waals surface area contributed by atoms with Crippen LogP contribution in [0.2, 0.25) is 0 Å². The molecule has 1 heterocycles. The monoisotopic (exact) mass is 506 g/mol. The van der Waals surface area contributed by atoms with Crippen LogP contribution in [-0.2, 0) is 10.2 Å². The van der Waals surface area contributed by atoms with Gasteiger partial charge in [0.25, 0.3) is 0 Å². The molecule has 0 radical (unpaired) electrons. The number of halogens is 1. The van der Waals surface area contributed by atoms with Crippen molar-refractivity contribution in [1.82, 2.24) is 4.90 Å². The molecule has 1 saturated heterocycles. The van der Waals surface area contributed by atoms with E-state index in [9.17, 15) is 4.79 Å². The summed E-state index contributed by atoms with van der Waals surface area (Å²) < 4.78 is 6.97. The fraction of sp³-hybridized carbons (Fsp3) is 0.321. The SMILES string of the molecule is CN1CC[C@@H](C(C(N)=O)(c2ccccc2)c2ccccc2)[C@@H]1CCCOc1ccccc1Br. The molecular formula is C28H31BrN2O2. The van der Waals surface area contributed by atoms with Crippen LogP contribution < -0.4 is 10.5 Å². The average molecular weight is 507 g/mol. The molecule has 33 heavy (non-hydrogen) atoms. The van der Waals surface area contributed by atoms with E-state index in [0.717, 1.165) is 47.2 Å². The Hall–Kier alpha value is -2.63. The quantitative estimate of drug-likeness (QED) is 0.395. The van der Waals surface area contributed by atoms with Gasteiger partial charge in [0, 0.05) is 6.04 Å². The second-order valence-corrected chi connectivity index (χ2v) is 9.62. The van der Waals surface area contributed by atoms with Gasteiger partial charge in [-0.3, -0.25) is 4.79 Å². The molecule has 1 fully saturated rings. The highest BCUT2D eigenvalue weighted by atomic mass is 79.9. The zero-order valence-electron chi connectivity index (χ0n) is 19.0. The number of likely N-dealkylation sites (tertiary alicyclic amines) is 1. The molecule has 1 amide bonds. The number of hydrogen-bond acceptors (Lipinski definition) is 3. The minimum atomic E-state index is -0.874. The Morgan fingerprint density at radius 1 is 1.00 bits per heavy atom. The van der Waals surface area contributed by atoms with E-state index in [1.54, 1.807) is 0 Å². The molecule has 2 N–H and O–H groups in total. The van der Waals surface area contributed by atoms with Gasteiger partial charge in [-0.15, -0.1) is 0 Å². The van der Waals surface area contributed by atoms with E-state index in [4.69, 9.17) is 10.5 Å². The maximum atomic E-state index is 13.4. The summed E-state index contributed by atoms with van der Waals surface area (Å²) in [7, 11) is 2.15. The van der Waals surface area contributed by atoms with Crippen LogP contribution in [0, 0.1) is 5.92 Å². The van der Waals surface area contributed by atoms with Gasteiger partial charge in [-0.2, -0.15) is 0 Å². The lowest BCUT2D eigenvalue weighted by Gasteiger charge is -2.41. The Balaban J connectivity index is 1.62. The van der Waals surface area contributed by atoms with Gasteiger partial charge in [0.15, 0.2) is 0 Å². The van der Waals surface area contributed by atoms with Crippen molar-refractivity contribution in [3.8, 4) is 5.75 Å². The number of amides is 1. The van der Waals surface area contributed by atoms with E-state index >= 15 is 0 Å². The predicted molar refractivity (Wildman–Crippen MR) is 136 cm³/mol. The van der Waals surface area contributed by atoms with Crippen molar-refractivity contribution >= 4 is 21.8 Å². The molecule has 3 aromatic carbocycles. The second kappa shape index (κ2) is 10.5. The number of primary amides is 1. The summed E-state index contributed by atoms with van der Waals surface area (Å²) in [5, 5.41) is 0. The largest absolute Gasteiger partial charge is 0.492 e. The molecule has 0 aromatic heterocycles. The topological polar surface area (TPSA) is 55.6 Å². The number of ether oxygens (including phenoxy) is 1. The molecule has 4 nitrogen and oxygen atoms in total. The van der Waals surface area contributed by atoms with E-state index in [2.05, 4.69) is 27.9 Å². The Morgan fingerprint density at radius 2 is 1.58 bits per heavy atom. The van der Waals surface area contributed by atoms with Gasteiger partial charge in [-0.1, -0.05) is 72.8 Å². The van der Waals surface area contributed by atoms with E-state index in [1.807, 2.05) is 84.9 Å². The Labute approximate surface area is 204 Å². The molecule has 172 valence electrons. The van der Waals surface area contributed by atoms with Crippen molar-refractivity contribution in [2.24, 2.45) is 11.7 Å². The standard InChI is InChI=1S/C28H31BrN2O2/c1-31-19-18-23(25(31)16-10-20-33-26-17-9-8-15-24(26)29)28(27(30)32,21-11-4-2-5-12-21)22-13-6-3-7-14-22/h2-9,11-15,17,23,25H,10,16,18-20H2,1H3,(H2,30,32)/t23-,25+/m1/s1. The van der Waals surface area contributed by atoms with Crippen molar-refractivity contribution < 1.29 is 9.53 Å². The summed E-state index contributed by atoms with van der Waals surface area (Å²) in [6, 6.07) is 28.3. The van der Waals surface area contributed by atoms with Gasteiger partial charge >= 0.3 is 0 Å². The lowest BCUT2D eigenvalue weighted by Crippen LogP contribution is -2.52. The molecule has 2 atom stereocenters. The van der Waals surface area contributed by atoms with E-state index in [-0.39, 0.29) is 17.9 Å². The Kier molecular flexibility index (Phi) is 7.51. The van der Waals surface area contributed by atoms with Crippen LogP contribution in [0.3, 0.4) is 0 Å². The third-order valence-electron chi connectivity index (χ3n) is 6.96. The lowest BCUT2D eigenvalue weighted by molar-refractivity contribution is -0.124. The molecule has 0 saturated carbocycles. The second-order valence-electron chi connectivity index (χ2n) is 8.77. The molecule has 5 heteroatoms. The number of rotatable bonds is 9. The number of benzene rings is 3. The highest BCUT2D eigenvalue weighted by molar-refractivity contribution is 9.10. The molecule has 0 unspecified atom stereocenters. The van der Waals surface area contributed by atoms with Gasteiger partial charge in [0.2, 0.25) is 5.91 Å². The summed E-state index contributed by atoms with van der Waals surface area (Å²) in [4.78, 5) is 15.8. The summed E-state index contributed by atoms with van der Waals surface area (Å²) in [5.41, 5.74) is 7.35. The fourth-order valence-corrected chi connectivity index (χ4v) is 5.83. The highest BCUT2D eigenvalue weighted by Crippen LogP contribution is 2.47. The Morgan fingerprint density at radius 3 is 2.15 bits per heavy atom. The summed E-state index contributed by atoms with van der Waals surface area (Å²) >= 11 is 3.54. The van der Waals surface area contributed by atoms with E-state index in [0.29, 0.717) is 6.61 Å².